The van der Waals surface area contributed by atoms with Crippen molar-refractivity contribution in [3.05, 3.63) is 96.3 Å². The van der Waals surface area contributed by atoms with E-state index in [0.29, 0.717) is 18.1 Å². The lowest BCUT2D eigenvalue weighted by atomic mass is 9.75. The molecule has 1 aliphatic heterocycles. The van der Waals surface area contributed by atoms with Gasteiger partial charge in [0.15, 0.2) is 11.3 Å². The number of alkyl halides is 1. The molecule has 5 atom stereocenters. The number of aromatic nitrogens is 4. The molecule has 2 aromatic carbocycles. The first-order chi connectivity index (χ1) is 22.2. The van der Waals surface area contributed by atoms with Crippen molar-refractivity contribution in [3.8, 4) is 11.5 Å². The maximum Gasteiger partial charge on any atom is 0.262 e. The third-order valence-corrected chi connectivity index (χ3v) is 10.3. The summed E-state index contributed by atoms with van der Waals surface area (Å²) in [5.41, 5.74) is -3.32. The highest BCUT2D eigenvalue weighted by atomic mass is 32.2. The third kappa shape index (κ3) is 5.76. The molecule has 2 aliphatic rings. The molecule has 11 nitrogen and oxygen atoms in total. The molecule has 0 radical (unpaired) electrons. The van der Waals surface area contributed by atoms with E-state index in [0.717, 1.165) is 24.8 Å². The monoisotopic (exact) mass is 651 g/mol. The van der Waals surface area contributed by atoms with Gasteiger partial charge in [-0.25, -0.2) is 27.5 Å². The number of benzene rings is 2. The molecule has 0 bridgehead atoms. The Bertz CT molecular complexity index is 1740. The van der Waals surface area contributed by atoms with Crippen molar-refractivity contribution in [1.29, 1.82) is 0 Å². The average Bonchev–Trinajstić information content (AvgIpc) is 3.68. The molecule has 6 rings (SSSR count). The molecule has 3 heterocycles. The lowest BCUT2D eigenvalue weighted by Gasteiger charge is -2.40. The van der Waals surface area contributed by atoms with Gasteiger partial charge in [0, 0.05) is 31.0 Å². The molecule has 4 aromatic rings. The minimum atomic E-state index is -4.21. The first-order valence-electron chi connectivity index (χ1n) is 15.3. The Balaban J connectivity index is 1.50. The van der Waals surface area contributed by atoms with Crippen molar-refractivity contribution in [1.82, 2.24) is 24.6 Å². The summed E-state index contributed by atoms with van der Waals surface area (Å²) in [6, 6.07) is 16.4. The first-order valence-corrected chi connectivity index (χ1v) is 16.8. The number of halogens is 1. The van der Waals surface area contributed by atoms with Crippen LogP contribution in [0.4, 0.5) is 4.39 Å². The predicted molar refractivity (Wildman–Crippen MR) is 166 cm³/mol. The molecule has 13 heteroatoms. The average molecular weight is 652 g/mol. The number of ether oxygens (including phenoxy) is 3. The number of nitrogens with zero attached hydrogens (tertiary/aromatic N) is 4. The van der Waals surface area contributed by atoms with E-state index in [4.69, 9.17) is 24.1 Å². The van der Waals surface area contributed by atoms with Gasteiger partial charge in [-0.15, -0.1) is 0 Å². The lowest BCUT2D eigenvalue weighted by Crippen LogP contribution is -2.52. The molecule has 1 aliphatic carbocycles. The Morgan fingerprint density at radius 2 is 1.89 bits per heavy atom. The molecular formula is C33H38FN5O6S. The van der Waals surface area contributed by atoms with Crippen molar-refractivity contribution >= 4 is 10.0 Å². The maximum absolute atomic E-state index is 19.0. The van der Waals surface area contributed by atoms with Crippen LogP contribution in [0.5, 0.6) is 11.5 Å². The van der Waals surface area contributed by atoms with Crippen LogP contribution in [0.3, 0.4) is 0 Å². The van der Waals surface area contributed by atoms with E-state index in [1.807, 2.05) is 13.0 Å². The van der Waals surface area contributed by atoms with E-state index in [-0.39, 0.29) is 41.3 Å². The number of sulfonamides is 1. The second kappa shape index (κ2) is 13.1. The molecule has 1 saturated heterocycles. The molecule has 0 spiro atoms. The molecule has 2 fully saturated rings. The molecule has 1 N–H and O–H groups in total. The zero-order valence-electron chi connectivity index (χ0n) is 26.0. The minimum absolute atomic E-state index is 0.0263. The van der Waals surface area contributed by atoms with Crippen LogP contribution in [-0.2, 0) is 37.3 Å². The molecular weight excluding hydrogens is 613 g/mol. The fourth-order valence-corrected chi connectivity index (χ4v) is 7.68. The van der Waals surface area contributed by atoms with Crippen LogP contribution in [-0.4, -0.2) is 49.0 Å². The minimum Gasteiger partial charge on any atom is -0.497 e. The van der Waals surface area contributed by atoms with E-state index in [1.165, 1.54) is 24.7 Å². The topological polar surface area (TPSA) is 127 Å². The van der Waals surface area contributed by atoms with E-state index < -0.39 is 27.2 Å². The van der Waals surface area contributed by atoms with Crippen molar-refractivity contribution in [2.75, 3.05) is 20.8 Å². The van der Waals surface area contributed by atoms with Crippen LogP contribution in [0.25, 0.3) is 0 Å². The van der Waals surface area contributed by atoms with Gasteiger partial charge in [0.1, 0.15) is 29.7 Å². The zero-order valence-corrected chi connectivity index (χ0v) is 26.8. The van der Waals surface area contributed by atoms with Gasteiger partial charge in [0.05, 0.1) is 24.8 Å². The van der Waals surface area contributed by atoms with Crippen LogP contribution >= 0.6 is 0 Å². The Morgan fingerprint density at radius 3 is 2.59 bits per heavy atom. The van der Waals surface area contributed by atoms with Gasteiger partial charge in [-0.2, -0.15) is 5.10 Å². The Hall–Kier alpha value is -3.91. The van der Waals surface area contributed by atoms with Gasteiger partial charge in [0.25, 0.3) is 10.0 Å². The van der Waals surface area contributed by atoms with Crippen molar-refractivity contribution in [2.24, 2.45) is 11.8 Å². The van der Waals surface area contributed by atoms with Crippen LogP contribution in [0.1, 0.15) is 55.8 Å². The summed E-state index contributed by atoms with van der Waals surface area (Å²) in [5.74, 6) is 0.0396. The summed E-state index contributed by atoms with van der Waals surface area (Å²) < 4.78 is 64.6. The van der Waals surface area contributed by atoms with Crippen LogP contribution in [0.2, 0.25) is 0 Å². The molecule has 0 amide bonds. The lowest BCUT2D eigenvalue weighted by molar-refractivity contribution is -0.178. The van der Waals surface area contributed by atoms with E-state index in [2.05, 4.69) is 14.9 Å². The molecule has 3 unspecified atom stereocenters. The second-order valence-corrected chi connectivity index (χ2v) is 13.5. The fourth-order valence-electron chi connectivity index (χ4n) is 6.82. The third-order valence-electron chi connectivity index (χ3n) is 9.14. The van der Waals surface area contributed by atoms with Gasteiger partial charge >= 0.3 is 0 Å². The number of methoxy groups -OCH3 is 2. The first kappa shape index (κ1) is 32.0. The van der Waals surface area contributed by atoms with E-state index in [9.17, 15) is 8.42 Å². The molecule has 46 heavy (non-hydrogen) atoms. The van der Waals surface area contributed by atoms with Gasteiger partial charge < -0.3 is 14.2 Å². The predicted octanol–water partition coefficient (Wildman–Crippen LogP) is 5.26. The largest absolute Gasteiger partial charge is 0.497 e. The summed E-state index contributed by atoms with van der Waals surface area (Å²) >= 11 is 0. The fraction of sp³-hybridized carbons (Fsp3) is 0.424. The molecule has 2 aromatic heterocycles. The Labute approximate surface area is 268 Å². The van der Waals surface area contributed by atoms with Gasteiger partial charge in [-0.05, 0) is 73.9 Å². The summed E-state index contributed by atoms with van der Waals surface area (Å²) in [6.07, 6.45) is 7.11. The molecule has 1 saturated carbocycles. The smallest absolute Gasteiger partial charge is 0.262 e. The highest BCUT2D eigenvalue weighted by Crippen LogP contribution is 2.62. The van der Waals surface area contributed by atoms with Gasteiger partial charge in [-0.1, -0.05) is 36.1 Å². The van der Waals surface area contributed by atoms with Crippen LogP contribution in [0.15, 0.2) is 84.3 Å². The van der Waals surface area contributed by atoms with Crippen molar-refractivity contribution in [3.63, 3.8) is 0 Å². The molecule has 244 valence electrons. The van der Waals surface area contributed by atoms with Crippen LogP contribution in [0, 0.1) is 11.8 Å². The highest BCUT2D eigenvalue weighted by molar-refractivity contribution is 7.89. The van der Waals surface area contributed by atoms with Crippen molar-refractivity contribution < 1.29 is 31.9 Å². The quantitative estimate of drug-likeness (QED) is 0.216. The van der Waals surface area contributed by atoms with Gasteiger partial charge in [-0.3, -0.25) is 4.84 Å². The number of rotatable bonds is 11. The Morgan fingerprint density at radius 1 is 1.07 bits per heavy atom. The SMILES string of the molecule is COc1ccc(CC2C(C)C[C@](ONS(=O)(=O)c3ccccc3)(c3ccncn3)[C@]2(F)c2ccn(C3CCCCO3)n2)c(OC)c1. The number of nitrogens with one attached hydrogen (secondary N) is 1. The summed E-state index contributed by atoms with van der Waals surface area (Å²) in [7, 11) is -1.09. The summed E-state index contributed by atoms with van der Waals surface area (Å²) in [5, 5.41) is 4.77. The zero-order chi connectivity index (χ0) is 32.4. The Kier molecular flexibility index (Phi) is 9.10. The summed E-state index contributed by atoms with van der Waals surface area (Å²) in [4.78, 5) is 16.9. The van der Waals surface area contributed by atoms with Crippen LogP contribution < -0.4 is 14.4 Å². The van der Waals surface area contributed by atoms with E-state index >= 15 is 4.39 Å². The number of hydrogen-bond acceptors (Lipinski definition) is 9. The summed E-state index contributed by atoms with van der Waals surface area (Å²) in [6.45, 7) is 2.51. The standard InChI is InChI=1S/C33H38FN5O6S/c1-23-21-32(29-14-16-35-22-36-29,45-38-46(40,41)26-9-5-4-6-10-26)33(34,30-15-17-39(37-30)31-11-7-8-18-44-31)27(23)19-24-12-13-25(42-2)20-28(24)43-3/h4-6,9-10,12-17,20,22-23,27,31,38H,7-8,11,18-19,21H2,1-3H3/t23?,27?,31?,32-,33+/m0/s1. The van der Waals surface area contributed by atoms with E-state index in [1.54, 1.807) is 67.6 Å². The van der Waals surface area contributed by atoms with Crippen molar-refractivity contribution in [2.45, 2.75) is 61.4 Å². The number of hydrogen-bond donors (Lipinski definition) is 1. The normalized spacial score (nSPS) is 26.6. The second-order valence-electron chi connectivity index (χ2n) is 11.8. The maximum atomic E-state index is 19.0. The highest BCUT2D eigenvalue weighted by Gasteiger charge is 2.69. The van der Waals surface area contributed by atoms with Gasteiger partial charge in [0.2, 0.25) is 0 Å².